The average molecular weight is 315 g/mol. The van der Waals surface area contributed by atoms with E-state index >= 15 is 0 Å². The van der Waals surface area contributed by atoms with Crippen LogP contribution in [0, 0.1) is 13.8 Å². The molecule has 3 nitrogen and oxygen atoms in total. The summed E-state index contributed by atoms with van der Waals surface area (Å²) in [5.74, 6) is 0. The zero-order valence-electron chi connectivity index (χ0n) is 10.2. The van der Waals surface area contributed by atoms with Crippen molar-refractivity contribution in [3.63, 3.8) is 0 Å². The number of H-pyrrole nitrogens is 3. The summed E-state index contributed by atoms with van der Waals surface area (Å²) in [6, 6.07) is 0. The van der Waals surface area contributed by atoms with E-state index in [-0.39, 0.29) is 177 Å². The second kappa shape index (κ2) is 22.0. The first-order valence-electron chi connectivity index (χ1n) is 2.11. The van der Waals surface area contributed by atoms with Crippen molar-refractivity contribution >= 4 is 214 Å². The third-order valence-electron chi connectivity index (χ3n) is 0.765. The van der Waals surface area contributed by atoms with E-state index in [1.807, 2.05) is 0 Å². The van der Waals surface area contributed by atoms with Crippen LogP contribution in [0.15, 0.2) is 0 Å². The molecule has 15 heavy (non-hydrogen) atoms. The summed E-state index contributed by atoms with van der Waals surface area (Å²) >= 11 is 14.3. The van der Waals surface area contributed by atoms with Gasteiger partial charge < -0.3 is 0 Å². The zero-order chi connectivity index (χ0) is 6.85. The molecule has 0 aliphatic heterocycles. The molecule has 1 heterocycles. The van der Waals surface area contributed by atoms with Crippen LogP contribution < -0.4 is 0 Å². The third kappa shape index (κ3) is 15.9. The summed E-state index contributed by atoms with van der Waals surface area (Å²) in [7, 11) is 0. The van der Waals surface area contributed by atoms with E-state index in [1.54, 1.807) is 0 Å². The smallest absolute Gasteiger partial charge is 0.140 e. The van der Waals surface area contributed by atoms with E-state index in [9.17, 15) is 0 Å². The van der Waals surface area contributed by atoms with Crippen molar-refractivity contribution in [3.05, 3.63) is 13.8 Å². The van der Waals surface area contributed by atoms with Gasteiger partial charge in [-0.25, -0.2) is 5.21 Å². The van der Waals surface area contributed by atoms with E-state index in [1.165, 1.54) is 0 Å². The fourth-order valence-electron chi connectivity index (χ4n) is 0.361. The van der Waals surface area contributed by atoms with Gasteiger partial charge >= 0.3 is 0 Å². The van der Waals surface area contributed by atoms with Crippen LogP contribution in [0.4, 0.5) is 0 Å². The van der Waals surface area contributed by atoms with Gasteiger partial charge in [-0.15, -0.1) is 0 Å². The second-order valence-electron chi connectivity index (χ2n) is 1.36. The fourth-order valence-corrected chi connectivity index (χ4v) is 0.834. The summed E-state index contributed by atoms with van der Waals surface area (Å²) in [6.45, 7) is 0. The van der Waals surface area contributed by atoms with Gasteiger partial charge in [0.25, 0.3) is 0 Å². The van der Waals surface area contributed by atoms with Gasteiger partial charge in [0.15, 0.2) is 0 Å². The molecule has 0 aliphatic carbocycles. The van der Waals surface area contributed by atoms with Crippen LogP contribution in [0.3, 0.4) is 0 Å². The van der Waals surface area contributed by atoms with Gasteiger partial charge in [0.2, 0.25) is 0 Å². The van der Waals surface area contributed by atoms with Crippen molar-refractivity contribution in [2.24, 2.45) is 0 Å². The molecule has 0 spiro atoms. The molecule has 0 amide bonds. The Hall–Kier alpha value is 5.67. The Labute approximate surface area is 237 Å². The molecule has 3 N–H and O–H groups in total. The van der Waals surface area contributed by atoms with Crippen LogP contribution in [-0.2, 0) is 0 Å². The molecule has 0 aliphatic rings. The minimum atomic E-state index is 0. The first kappa shape index (κ1) is 37.2. The van der Waals surface area contributed by atoms with E-state index in [4.69, 9.17) is 36.7 Å². The maximum absolute atomic E-state index is 4.80. The molecule has 6 radical (unpaired) electrons. The first-order valence-corrected chi connectivity index (χ1v) is 3.34. The van der Waals surface area contributed by atoms with Crippen molar-refractivity contribution in [1.82, 2.24) is 15.4 Å². The number of hydrogen-bond acceptors (Lipinski definition) is 3. The minimum absolute atomic E-state index is 0. The molecule has 54 valence electrons. The van der Waals surface area contributed by atoms with Gasteiger partial charge in [-0.05, 0) is 0 Å². The van der Waals surface area contributed by atoms with E-state index < -0.39 is 0 Å². The summed E-state index contributed by atoms with van der Waals surface area (Å²) < 4.78 is 1.42. The van der Waals surface area contributed by atoms with Crippen molar-refractivity contribution < 1.29 is 0 Å². The number of hydrogen-bond donors (Lipinski definition) is 3. The van der Waals surface area contributed by atoms with Gasteiger partial charge in [0.1, 0.15) is 13.8 Å². The molecule has 0 bridgehead atoms. The zero-order valence-corrected chi connectivity index (χ0v) is 24.7. The molecule has 0 saturated carbocycles. The number of aromatic amines is 3. The molecule has 1 rings (SSSR count). The summed E-state index contributed by atoms with van der Waals surface area (Å²) in [5, 5.41) is 7.75. The largest absolute Gasteiger partial charge is 0.275 e. The Balaban J connectivity index is -0.0000000337. The minimum Gasteiger partial charge on any atom is -0.275 e. The van der Waals surface area contributed by atoms with Crippen LogP contribution in [-0.4, -0.2) is 193 Å². The Morgan fingerprint density at radius 1 is 0.600 bits per heavy atom. The Kier molecular flexibility index (Phi) is 54.4. The molecule has 0 fully saturated rings. The van der Waals surface area contributed by atoms with Crippen LogP contribution in [0.5, 0.6) is 0 Å². The van der Waals surface area contributed by atoms with Gasteiger partial charge in [-0.1, -0.05) is 36.7 Å². The number of rotatable bonds is 0. The van der Waals surface area contributed by atoms with Crippen molar-refractivity contribution in [1.29, 1.82) is 0 Å². The second-order valence-corrected chi connectivity index (χ2v) is 2.59. The molecule has 0 atom stereocenters. The predicted octanol–water partition coefficient (Wildman–Crippen LogP) is -0.425. The maximum atomic E-state index is 4.80. The van der Waals surface area contributed by atoms with Crippen LogP contribution in [0.1, 0.15) is 0 Å². The molecule has 0 aromatic carbocycles. The predicted molar refractivity (Wildman–Crippen MR) is 76.5 cm³/mol. The van der Waals surface area contributed by atoms with Crippen LogP contribution in [0.2, 0.25) is 0 Å². The van der Waals surface area contributed by atoms with Gasteiger partial charge in [-0.3, -0.25) is 10.2 Å². The van der Waals surface area contributed by atoms with Crippen molar-refractivity contribution in [2.45, 2.75) is 0 Å². The maximum Gasteiger partial charge on any atom is 0.140 e. The SMILES string of the molecule is S=c1[nH][nH][nH]c(=S)c1=S.[Na].[Na].[Na].[Na].[Na].[Na]. The molecule has 1 aromatic heterocycles. The molecular formula is C3H3N3Na6S3. The standard InChI is InChI=1S/C3H3N3S3.6Na/c7-1-2(8)4-6-5-3(1)9;;;;;;/h(H,6,7)(H2,4,5,8,9);;;;;;. The summed E-state index contributed by atoms with van der Waals surface area (Å²) in [5.41, 5.74) is 0. The topological polar surface area (TPSA) is 47.4 Å². The average Bonchev–Trinajstić information content (AvgIpc) is 1.83. The molecule has 1 aromatic rings. The van der Waals surface area contributed by atoms with Gasteiger partial charge in [-0.2, -0.15) is 0 Å². The normalized spacial score (nSPS) is 5.60. The molecule has 12 heteroatoms. The Bertz CT molecular complexity index is 339. The van der Waals surface area contributed by atoms with Gasteiger partial charge in [0, 0.05) is 177 Å². The fraction of sp³-hybridized carbons (Fsp3) is 0. The van der Waals surface area contributed by atoms with Crippen molar-refractivity contribution in [3.8, 4) is 0 Å². The van der Waals surface area contributed by atoms with Gasteiger partial charge in [0.05, 0.1) is 0 Å². The molecule has 0 saturated heterocycles. The third-order valence-corrected chi connectivity index (χ3v) is 2.04. The molecular weight excluding hydrogens is 312 g/mol. The summed E-state index contributed by atoms with van der Waals surface area (Å²) in [6.07, 6.45) is 0. The van der Waals surface area contributed by atoms with Crippen LogP contribution >= 0.6 is 36.7 Å². The molecule has 0 unspecified atom stereocenters. The number of aromatic nitrogens is 3. The van der Waals surface area contributed by atoms with Crippen LogP contribution in [0.25, 0.3) is 0 Å². The Morgan fingerprint density at radius 2 is 0.867 bits per heavy atom. The Morgan fingerprint density at radius 3 is 1.07 bits per heavy atom. The van der Waals surface area contributed by atoms with E-state index in [0.717, 1.165) is 0 Å². The van der Waals surface area contributed by atoms with E-state index in [0.29, 0.717) is 13.8 Å². The summed E-state index contributed by atoms with van der Waals surface area (Å²) in [4.78, 5) is 0. The quantitative estimate of drug-likeness (QED) is 0.450. The number of nitrogens with one attached hydrogen (secondary N) is 3. The first-order chi connectivity index (χ1) is 4.22. The monoisotopic (exact) mass is 315 g/mol. The van der Waals surface area contributed by atoms with Crippen molar-refractivity contribution in [2.75, 3.05) is 0 Å². The van der Waals surface area contributed by atoms with E-state index in [2.05, 4.69) is 15.4 Å².